The minimum Gasteiger partial charge on any atom is -0.497 e. The first-order valence-electron chi connectivity index (χ1n) is 19.4. The van der Waals surface area contributed by atoms with Gasteiger partial charge in [0, 0.05) is 57.9 Å². The molecule has 10 heteroatoms. The van der Waals surface area contributed by atoms with E-state index in [-0.39, 0.29) is 0 Å². The minimum atomic E-state index is -1.38. The normalized spacial score (nSPS) is 18.5. The van der Waals surface area contributed by atoms with Gasteiger partial charge in [-0.15, -0.1) is 0 Å². The van der Waals surface area contributed by atoms with Crippen molar-refractivity contribution in [3.63, 3.8) is 0 Å². The van der Waals surface area contributed by atoms with Crippen molar-refractivity contribution in [3.8, 4) is 50.6 Å². The van der Waals surface area contributed by atoms with E-state index in [1.807, 2.05) is 109 Å². The summed E-state index contributed by atoms with van der Waals surface area (Å²) >= 11 is 0. The van der Waals surface area contributed by atoms with E-state index in [4.69, 9.17) is 28.9 Å². The Morgan fingerprint density at radius 2 is 1.02 bits per heavy atom. The molecule has 0 fully saturated rings. The second-order valence-corrected chi connectivity index (χ2v) is 15.0. The number of rotatable bonds is 8. The Hall–Kier alpha value is -6.72. The van der Waals surface area contributed by atoms with E-state index in [1.165, 1.54) is 0 Å². The quantitative estimate of drug-likeness (QED) is 0.120. The van der Waals surface area contributed by atoms with Gasteiger partial charge in [-0.25, -0.2) is 4.98 Å². The third kappa shape index (κ3) is 6.80. The van der Waals surface area contributed by atoms with Crippen LogP contribution < -0.4 is 14.2 Å². The summed E-state index contributed by atoms with van der Waals surface area (Å²) in [5.74, 6) is 1.97. The number of hydrogen-bond donors (Lipinski definition) is 4. The standard InChI is InChI=1S/C49H44N4O6/c1-49(59-5)23-9-13-31(27-49)42-37-18-17-35(50-37)41(28-10-6-14-32(24-28)56-2)36-19-21-39(51-36)43(29-11-7-15-33(25-29)57-3)45-47(54)48(55)46(53-45)44(40-22-20-38(42)52-40)30-12-8-16-34(26-30)58-4/h6-26,47-48,51-52,54-55H,27H2,1-5H3/t47?,48?,49-/m1/s1. The highest BCUT2D eigenvalue weighted by molar-refractivity contribution is 5.96. The van der Waals surface area contributed by atoms with Crippen molar-refractivity contribution >= 4 is 39.8 Å². The number of benzene rings is 3. The molecule has 0 saturated carbocycles. The third-order valence-electron chi connectivity index (χ3n) is 11.4. The number of nitrogens with zero attached hydrogens (tertiary/aromatic N) is 2. The maximum atomic E-state index is 12.1. The van der Waals surface area contributed by atoms with Gasteiger partial charge in [0.2, 0.25) is 0 Å². The molecule has 1 aliphatic carbocycles. The lowest BCUT2D eigenvalue weighted by molar-refractivity contribution is 0.0260. The fourth-order valence-corrected chi connectivity index (χ4v) is 8.29. The molecule has 0 radical (unpaired) electrons. The van der Waals surface area contributed by atoms with Gasteiger partial charge in [0.15, 0.2) is 0 Å². The minimum absolute atomic E-state index is 0.301. The van der Waals surface area contributed by atoms with Crippen LogP contribution in [0, 0.1) is 0 Å². The van der Waals surface area contributed by atoms with Crippen LogP contribution in [0.2, 0.25) is 0 Å². The fourth-order valence-electron chi connectivity index (χ4n) is 8.29. The zero-order valence-electron chi connectivity index (χ0n) is 33.4. The average Bonchev–Trinajstić information content (AvgIpc) is 4.10. The summed E-state index contributed by atoms with van der Waals surface area (Å²) < 4.78 is 23.0. The Morgan fingerprint density at radius 1 is 0.576 bits per heavy atom. The molecule has 9 rings (SSSR count). The lowest BCUT2D eigenvalue weighted by atomic mass is 9.87. The van der Waals surface area contributed by atoms with Crippen molar-refractivity contribution in [2.45, 2.75) is 31.2 Å². The molecule has 2 unspecified atom stereocenters. The van der Waals surface area contributed by atoms with Gasteiger partial charge in [-0.3, -0.25) is 4.98 Å². The molecular weight excluding hydrogens is 741 g/mol. The van der Waals surface area contributed by atoms with Crippen molar-refractivity contribution in [1.82, 2.24) is 19.9 Å². The van der Waals surface area contributed by atoms with Gasteiger partial charge in [-0.1, -0.05) is 54.6 Å². The van der Waals surface area contributed by atoms with E-state index in [1.54, 1.807) is 28.4 Å². The Bertz CT molecular complexity index is 2890. The number of hydrogen-bond acceptors (Lipinski definition) is 8. The number of H-pyrrole nitrogens is 2. The Kier molecular flexibility index (Phi) is 9.76. The van der Waals surface area contributed by atoms with Crippen LogP contribution in [0.5, 0.6) is 17.2 Å². The molecule has 0 amide bonds. The number of methoxy groups -OCH3 is 4. The summed E-state index contributed by atoms with van der Waals surface area (Å²) in [5, 5.41) is 24.3. The molecule has 4 N–H and O–H groups in total. The molecular formula is C49H44N4O6. The van der Waals surface area contributed by atoms with Gasteiger partial charge < -0.3 is 39.1 Å². The summed E-state index contributed by atoms with van der Waals surface area (Å²) in [6.07, 6.45) is 8.16. The highest BCUT2D eigenvalue weighted by Crippen LogP contribution is 2.45. The van der Waals surface area contributed by atoms with Crippen molar-refractivity contribution in [2.75, 3.05) is 28.4 Å². The van der Waals surface area contributed by atoms with Crippen LogP contribution in [0.15, 0.2) is 115 Å². The predicted octanol–water partition coefficient (Wildman–Crippen LogP) is 10.0. The van der Waals surface area contributed by atoms with Gasteiger partial charge in [0.1, 0.15) is 29.5 Å². The number of aromatic amines is 2. The average molecular weight is 785 g/mol. The van der Waals surface area contributed by atoms with Crippen LogP contribution in [-0.4, -0.2) is 64.2 Å². The molecule has 2 aliphatic heterocycles. The number of aromatic nitrogens is 4. The SMILES string of the molecule is COc1cccc(-c2c3nc(c(C4=CC=C[C@@](C)(OC)C4)c4ccc([nH]4)c(-c4cccc(OC)c4)c4nc(c(-c5cccc(OC)c5)c5ccc2[nH]5)C(O)C4O)C=C3)c1. The molecule has 3 aromatic carbocycles. The topological polar surface area (TPSA) is 135 Å². The monoisotopic (exact) mass is 784 g/mol. The predicted molar refractivity (Wildman–Crippen MR) is 233 cm³/mol. The van der Waals surface area contributed by atoms with Crippen LogP contribution in [0.1, 0.15) is 53.9 Å². The van der Waals surface area contributed by atoms with Gasteiger partial charge in [0.25, 0.3) is 0 Å². The maximum absolute atomic E-state index is 12.1. The van der Waals surface area contributed by atoms with Crippen LogP contribution in [0.3, 0.4) is 0 Å². The van der Waals surface area contributed by atoms with Crippen LogP contribution >= 0.6 is 0 Å². The van der Waals surface area contributed by atoms with Crippen LogP contribution in [0.25, 0.3) is 73.2 Å². The number of aliphatic hydroxyl groups excluding tert-OH is 2. The van der Waals surface area contributed by atoms with E-state index >= 15 is 0 Å². The Balaban J connectivity index is 1.48. The number of nitrogens with one attached hydrogen (secondary N) is 2. The fraction of sp³-hybridized carbons (Fsp3) is 0.184. The summed E-state index contributed by atoms with van der Waals surface area (Å²) in [4.78, 5) is 18.0. The summed E-state index contributed by atoms with van der Waals surface area (Å²) in [5.41, 5.74) is 10.9. The molecule has 59 heavy (non-hydrogen) atoms. The summed E-state index contributed by atoms with van der Waals surface area (Å²) in [7, 11) is 6.61. The molecule has 6 aromatic rings. The summed E-state index contributed by atoms with van der Waals surface area (Å²) in [6, 6.07) is 31.1. The number of fused-ring (bicyclic) bond motifs is 8. The van der Waals surface area contributed by atoms with E-state index in [2.05, 4.69) is 35.1 Å². The molecule has 8 bridgehead atoms. The first-order valence-corrected chi connectivity index (χ1v) is 19.4. The third-order valence-corrected chi connectivity index (χ3v) is 11.4. The lowest BCUT2D eigenvalue weighted by Gasteiger charge is -2.28. The first kappa shape index (κ1) is 37.8. The molecule has 5 heterocycles. The van der Waals surface area contributed by atoms with Crippen LogP contribution in [-0.2, 0) is 4.74 Å². The van der Waals surface area contributed by atoms with Gasteiger partial charge in [0.05, 0.1) is 49.7 Å². The zero-order valence-corrected chi connectivity index (χ0v) is 33.4. The van der Waals surface area contributed by atoms with Crippen molar-refractivity contribution in [3.05, 3.63) is 144 Å². The molecule has 0 saturated heterocycles. The number of aliphatic hydroxyl groups is 2. The van der Waals surface area contributed by atoms with Crippen molar-refractivity contribution in [1.29, 1.82) is 0 Å². The van der Waals surface area contributed by atoms with E-state index in [0.717, 1.165) is 55.8 Å². The molecule has 3 aliphatic rings. The van der Waals surface area contributed by atoms with E-state index in [0.29, 0.717) is 57.2 Å². The van der Waals surface area contributed by atoms with Gasteiger partial charge >= 0.3 is 0 Å². The lowest BCUT2D eigenvalue weighted by Crippen LogP contribution is -2.26. The van der Waals surface area contributed by atoms with Crippen molar-refractivity contribution in [2.24, 2.45) is 0 Å². The molecule has 296 valence electrons. The Morgan fingerprint density at radius 3 is 1.49 bits per heavy atom. The number of allylic oxidation sites excluding steroid dienone is 2. The maximum Gasteiger partial charge on any atom is 0.128 e. The first-order chi connectivity index (χ1) is 28.7. The highest BCUT2D eigenvalue weighted by atomic mass is 16.5. The molecule has 10 nitrogen and oxygen atoms in total. The van der Waals surface area contributed by atoms with E-state index < -0.39 is 17.8 Å². The second-order valence-electron chi connectivity index (χ2n) is 15.0. The molecule has 3 atom stereocenters. The van der Waals surface area contributed by atoms with Crippen molar-refractivity contribution < 1.29 is 29.2 Å². The van der Waals surface area contributed by atoms with Crippen LogP contribution in [0.4, 0.5) is 0 Å². The second kappa shape index (κ2) is 15.2. The van der Waals surface area contributed by atoms with E-state index in [9.17, 15) is 10.2 Å². The largest absolute Gasteiger partial charge is 0.497 e. The molecule has 3 aromatic heterocycles. The summed E-state index contributed by atoms with van der Waals surface area (Å²) in [6.45, 7) is 2.07. The van der Waals surface area contributed by atoms with Gasteiger partial charge in [-0.05, 0) is 102 Å². The van der Waals surface area contributed by atoms with Gasteiger partial charge in [-0.2, -0.15) is 0 Å². The zero-order chi connectivity index (χ0) is 40.8. The highest BCUT2D eigenvalue weighted by Gasteiger charge is 2.35. The smallest absolute Gasteiger partial charge is 0.128 e. The molecule has 0 spiro atoms. The number of ether oxygens (including phenoxy) is 4. The Labute approximate surface area is 341 Å².